The Morgan fingerprint density at radius 2 is 1.75 bits per heavy atom. The average Bonchev–Trinajstić information content (AvgIpc) is 2.27. The molecular weight excluding hydrogens is 210 g/mol. The van der Waals surface area contributed by atoms with Crippen LogP contribution in [0.2, 0.25) is 0 Å². The molecule has 0 atom stereocenters. The van der Waals surface area contributed by atoms with E-state index in [0.29, 0.717) is 5.56 Å². The van der Waals surface area contributed by atoms with Crippen molar-refractivity contribution in [2.75, 3.05) is 0 Å². The molecule has 1 N–H and O–H groups in total. The Morgan fingerprint density at radius 1 is 1.12 bits per heavy atom. The van der Waals surface area contributed by atoms with Gasteiger partial charge in [-0.2, -0.15) is 0 Å². The van der Waals surface area contributed by atoms with Crippen molar-refractivity contribution >= 4 is 11.0 Å². The lowest BCUT2D eigenvalue weighted by atomic mass is 10.2. The number of nitrogens with zero attached hydrogens (tertiary/aromatic N) is 2. The van der Waals surface area contributed by atoms with Crippen LogP contribution in [0, 0.1) is 6.92 Å². The molecule has 0 saturated heterocycles. The van der Waals surface area contributed by atoms with Gasteiger partial charge in [0, 0.05) is 25.9 Å². The fourth-order valence-corrected chi connectivity index (χ4v) is 1.66. The number of H-pyrrole nitrogens is 1. The fraction of sp³-hybridized carbons (Fsp3) is 0.300. The molecule has 0 fully saturated rings. The largest absolute Gasteiger partial charge is 0.347 e. The second kappa shape index (κ2) is 3.19. The van der Waals surface area contributed by atoms with E-state index in [1.807, 2.05) is 0 Å². The first-order chi connectivity index (χ1) is 7.45. The molecule has 2 aromatic heterocycles. The van der Waals surface area contributed by atoms with Crippen molar-refractivity contribution in [1.82, 2.24) is 14.1 Å². The Labute approximate surface area is 89.8 Å². The van der Waals surface area contributed by atoms with E-state index in [1.165, 1.54) is 24.9 Å². The van der Waals surface area contributed by atoms with Gasteiger partial charge in [-0.1, -0.05) is 0 Å². The van der Waals surface area contributed by atoms with E-state index in [9.17, 15) is 14.4 Å². The average molecular weight is 221 g/mol. The highest BCUT2D eigenvalue weighted by Gasteiger charge is 2.12. The molecule has 0 amide bonds. The molecule has 0 aliphatic carbocycles. The summed E-state index contributed by atoms with van der Waals surface area (Å²) in [5.41, 5.74) is -0.669. The number of fused-ring (bicyclic) bond motifs is 1. The number of rotatable bonds is 0. The second-order valence-electron chi connectivity index (χ2n) is 3.73. The SMILES string of the molecule is Cc1c[nH]c2c(c1=O)c(=O)n(C)c(=O)n2C. The monoisotopic (exact) mass is 221 g/mol. The molecule has 0 unspecified atom stereocenters. The number of nitrogens with one attached hydrogen (secondary N) is 1. The van der Waals surface area contributed by atoms with E-state index in [0.717, 1.165) is 4.57 Å². The van der Waals surface area contributed by atoms with Crippen molar-refractivity contribution in [2.45, 2.75) is 6.92 Å². The maximum Gasteiger partial charge on any atom is 0.332 e. The zero-order valence-corrected chi connectivity index (χ0v) is 9.20. The van der Waals surface area contributed by atoms with Crippen molar-refractivity contribution in [3.8, 4) is 0 Å². The molecule has 0 saturated carbocycles. The standard InChI is InChI=1S/C10H11N3O3/c1-5-4-11-8-6(7(5)14)9(15)13(3)10(16)12(8)2/h4H,1-3H3,(H,11,14). The van der Waals surface area contributed by atoms with E-state index in [4.69, 9.17) is 0 Å². The normalized spacial score (nSPS) is 10.9. The van der Waals surface area contributed by atoms with Crippen LogP contribution >= 0.6 is 0 Å². The third kappa shape index (κ3) is 1.16. The molecule has 2 heterocycles. The summed E-state index contributed by atoms with van der Waals surface area (Å²) in [6, 6.07) is 0. The second-order valence-corrected chi connectivity index (χ2v) is 3.73. The highest BCUT2D eigenvalue weighted by molar-refractivity contribution is 5.74. The van der Waals surface area contributed by atoms with Crippen molar-refractivity contribution < 1.29 is 0 Å². The molecule has 84 valence electrons. The molecule has 0 bridgehead atoms. The zero-order chi connectivity index (χ0) is 12.0. The summed E-state index contributed by atoms with van der Waals surface area (Å²) in [6.45, 7) is 1.61. The lowest BCUT2D eigenvalue weighted by molar-refractivity contribution is 0.706. The summed E-state index contributed by atoms with van der Waals surface area (Å²) in [6.07, 6.45) is 1.49. The van der Waals surface area contributed by atoms with Crippen LogP contribution in [0.3, 0.4) is 0 Å². The number of aromatic nitrogens is 3. The third-order valence-electron chi connectivity index (χ3n) is 2.68. The molecule has 16 heavy (non-hydrogen) atoms. The predicted octanol–water partition coefficient (Wildman–Crippen LogP) is -0.766. The van der Waals surface area contributed by atoms with Crippen molar-refractivity contribution in [3.63, 3.8) is 0 Å². The topological polar surface area (TPSA) is 76.9 Å². The number of aryl methyl sites for hydroxylation is 2. The van der Waals surface area contributed by atoms with E-state index in [2.05, 4.69) is 4.98 Å². The first-order valence-electron chi connectivity index (χ1n) is 4.73. The van der Waals surface area contributed by atoms with Gasteiger partial charge in [0.1, 0.15) is 11.0 Å². The summed E-state index contributed by atoms with van der Waals surface area (Å²) < 4.78 is 2.18. The van der Waals surface area contributed by atoms with Crippen LogP contribution in [0.4, 0.5) is 0 Å². The summed E-state index contributed by atoms with van der Waals surface area (Å²) in [5, 5.41) is 0.0181. The minimum Gasteiger partial charge on any atom is -0.347 e. The highest BCUT2D eigenvalue weighted by Crippen LogP contribution is 1.98. The Kier molecular flexibility index (Phi) is 2.08. The Balaban J connectivity index is 3.30. The Hall–Kier alpha value is -2.11. The smallest absolute Gasteiger partial charge is 0.332 e. The molecule has 0 spiro atoms. The van der Waals surface area contributed by atoms with Crippen molar-refractivity contribution in [1.29, 1.82) is 0 Å². The lowest BCUT2D eigenvalue weighted by Crippen LogP contribution is -2.39. The minimum atomic E-state index is -0.567. The molecule has 0 aromatic carbocycles. The summed E-state index contributed by atoms with van der Waals surface area (Å²) in [4.78, 5) is 38.0. The molecular formula is C10H11N3O3. The number of hydrogen-bond donors (Lipinski definition) is 1. The van der Waals surface area contributed by atoms with Gasteiger partial charge >= 0.3 is 5.69 Å². The van der Waals surface area contributed by atoms with E-state index in [1.54, 1.807) is 6.92 Å². The quantitative estimate of drug-likeness (QED) is 0.635. The predicted molar refractivity (Wildman–Crippen MR) is 59.8 cm³/mol. The highest BCUT2D eigenvalue weighted by atomic mass is 16.2. The van der Waals surface area contributed by atoms with Gasteiger partial charge in [0.2, 0.25) is 0 Å². The molecule has 2 aromatic rings. The van der Waals surface area contributed by atoms with Gasteiger partial charge in [-0.15, -0.1) is 0 Å². The fourth-order valence-electron chi connectivity index (χ4n) is 1.66. The first-order valence-corrected chi connectivity index (χ1v) is 4.73. The maximum atomic E-state index is 11.8. The zero-order valence-electron chi connectivity index (χ0n) is 9.20. The number of aromatic amines is 1. The van der Waals surface area contributed by atoms with Gasteiger partial charge in [0.05, 0.1) is 0 Å². The van der Waals surface area contributed by atoms with Crippen LogP contribution in [0.1, 0.15) is 5.56 Å². The van der Waals surface area contributed by atoms with Crippen LogP contribution in [0.25, 0.3) is 11.0 Å². The Morgan fingerprint density at radius 3 is 2.38 bits per heavy atom. The van der Waals surface area contributed by atoms with Gasteiger partial charge in [-0.3, -0.25) is 18.7 Å². The maximum absolute atomic E-state index is 11.8. The summed E-state index contributed by atoms with van der Waals surface area (Å²) in [7, 11) is 2.86. The van der Waals surface area contributed by atoms with Gasteiger partial charge in [0.15, 0.2) is 5.43 Å². The molecule has 6 nitrogen and oxygen atoms in total. The van der Waals surface area contributed by atoms with Gasteiger partial charge in [-0.05, 0) is 6.92 Å². The minimum absolute atomic E-state index is 0.0181. The third-order valence-corrected chi connectivity index (χ3v) is 2.68. The van der Waals surface area contributed by atoms with Crippen LogP contribution in [-0.4, -0.2) is 14.1 Å². The summed E-state index contributed by atoms with van der Waals surface area (Å²) >= 11 is 0. The van der Waals surface area contributed by atoms with Crippen LogP contribution in [-0.2, 0) is 14.1 Å². The number of pyridine rings is 1. The van der Waals surface area contributed by atoms with Crippen LogP contribution < -0.4 is 16.7 Å². The van der Waals surface area contributed by atoms with E-state index < -0.39 is 11.2 Å². The van der Waals surface area contributed by atoms with Gasteiger partial charge in [-0.25, -0.2) is 4.79 Å². The van der Waals surface area contributed by atoms with Gasteiger partial charge in [0.25, 0.3) is 5.56 Å². The molecule has 2 rings (SSSR count). The van der Waals surface area contributed by atoms with Crippen molar-refractivity contribution in [2.24, 2.45) is 14.1 Å². The van der Waals surface area contributed by atoms with Crippen LogP contribution in [0.15, 0.2) is 20.6 Å². The molecule has 0 radical (unpaired) electrons. The lowest BCUT2D eigenvalue weighted by Gasteiger charge is -2.06. The Bertz CT molecular complexity index is 749. The first kappa shape index (κ1) is 10.4. The number of hydrogen-bond acceptors (Lipinski definition) is 3. The van der Waals surface area contributed by atoms with Crippen molar-refractivity contribution in [3.05, 3.63) is 42.8 Å². The van der Waals surface area contributed by atoms with E-state index >= 15 is 0 Å². The summed E-state index contributed by atoms with van der Waals surface area (Å²) in [5.74, 6) is 0. The van der Waals surface area contributed by atoms with Crippen LogP contribution in [0.5, 0.6) is 0 Å². The van der Waals surface area contributed by atoms with E-state index in [-0.39, 0.29) is 16.5 Å². The molecule has 0 aliphatic rings. The van der Waals surface area contributed by atoms with Gasteiger partial charge < -0.3 is 4.98 Å². The molecule has 0 aliphatic heterocycles. The molecule has 6 heteroatoms.